The van der Waals surface area contributed by atoms with Crippen LogP contribution in [0.1, 0.15) is 36.9 Å². The van der Waals surface area contributed by atoms with Gasteiger partial charge in [0.15, 0.2) is 0 Å². The van der Waals surface area contributed by atoms with Crippen LogP contribution in [0.25, 0.3) is 10.9 Å². The molecule has 3 N–H and O–H groups in total. The maximum atomic E-state index is 13.2. The van der Waals surface area contributed by atoms with Crippen molar-refractivity contribution >= 4 is 28.2 Å². The van der Waals surface area contributed by atoms with E-state index in [1.807, 2.05) is 6.07 Å². The minimum absolute atomic E-state index is 0.0455. The molecule has 10 heteroatoms. The minimum Gasteiger partial charge on any atom is -0.467 e. The van der Waals surface area contributed by atoms with E-state index in [2.05, 4.69) is 25.2 Å². The van der Waals surface area contributed by atoms with Crippen LogP contribution in [0.15, 0.2) is 30.5 Å². The fraction of sp³-hybridized carbons (Fsp3) is 0.381. The molecule has 0 bridgehead atoms. The normalized spacial score (nSPS) is 15.3. The number of nitrogens with two attached hydrogens (primary N) is 1. The van der Waals surface area contributed by atoms with Gasteiger partial charge in [0.1, 0.15) is 11.6 Å². The molecule has 1 aliphatic heterocycles. The van der Waals surface area contributed by atoms with Crippen molar-refractivity contribution in [1.82, 2.24) is 15.0 Å². The third kappa shape index (κ3) is 4.42. The van der Waals surface area contributed by atoms with Gasteiger partial charge in [-0.25, -0.2) is 4.98 Å². The fourth-order valence-electron chi connectivity index (χ4n) is 3.70. The van der Waals surface area contributed by atoms with Crippen LogP contribution < -0.4 is 20.7 Å². The number of ether oxygens (including phenoxy) is 1. The van der Waals surface area contributed by atoms with Gasteiger partial charge in [0.05, 0.1) is 30.4 Å². The summed E-state index contributed by atoms with van der Waals surface area (Å²) < 4.78 is 44.8. The van der Waals surface area contributed by atoms with Crippen LogP contribution in [0.4, 0.5) is 30.5 Å². The van der Waals surface area contributed by atoms with Crippen molar-refractivity contribution in [3.05, 3.63) is 41.6 Å². The van der Waals surface area contributed by atoms with Gasteiger partial charge in [-0.05, 0) is 49.6 Å². The van der Waals surface area contributed by atoms with Crippen molar-refractivity contribution in [1.29, 1.82) is 0 Å². The summed E-state index contributed by atoms with van der Waals surface area (Å²) in [5.41, 5.74) is 5.95. The molecule has 0 saturated carbocycles. The lowest BCUT2D eigenvalue weighted by molar-refractivity contribution is -0.137. The van der Waals surface area contributed by atoms with E-state index in [-0.39, 0.29) is 11.7 Å². The van der Waals surface area contributed by atoms with Crippen LogP contribution in [0, 0.1) is 0 Å². The highest BCUT2D eigenvalue weighted by molar-refractivity contribution is 5.91. The molecule has 1 aromatic carbocycles. The molecule has 3 aromatic rings. The van der Waals surface area contributed by atoms with E-state index in [4.69, 9.17) is 10.5 Å². The molecule has 1 fully saturated rings. The van der Waals surface area contributed by atoms with E-state index in [0.717, 1.165) is 43.9 Å². The van der Waals surface area contributed by atoms with Crippen molar-refractivity contribution in [2.75, 3.05) is 36.1 Å². The molecule has 3 heterocycles. The summed E-state index contributed by atoms with van der Waals surface area (Å²) in [5, 5.41) is 3.91. The van der Waals surface area contributed by atoms with E-state index < -0.39 is 17.8 Å². The standard InChI is InChI=1S/C21H23F3N6O/c1-12(13-7-14(21(22,23)24)9-15(25)8-13)27-19-16-10-18(30-5-3-4-6-30)26-11-17(16)28-20(29-19)31-2/h7-12H,3-6,25H2,1-2H3,(H,27,28,29)/t12-/m1/s1. The number of hydrogen-bond donors (Lipinski definition) is 2. The van der Waals surface area contributed by atoms with Gasteiger partial charge in [0.25, 0.3) is 0 Å². The van der Waals surface area contributed by atoms with Crippen LogP contribution in [-0.2, 0) is 6.18 Å². The van der Waals surface area contributed by atoms with Gasteiger partial charge in [0.2, 0.25) is 0 Å². The molecule has 0 amide bonds. The molecular formula is C21H23F3N6O. The van der Waals surface area contributed by atoms with Gasteiger partial charge >= 0.3 is 12.2 Å². The predicted molar refractivity (Wildman–Crippen MR) is 113 cm³/mol. The first kappa shape index (κ1) is 21.0. The molecule has 1 aliphatic rings. The number of nitrogen functional groups attached to an aromatic ring is 1. The second-order valence-electron chi connectivity index (χ2n) is 7.56. The van der Waals surface area contributed by atoms with Crippen LogP contribution in [0.3, 0.4) is 0 Å². The van der Waals surface area contributed by atoms with E-state index in [1.54, 1.807) is 13.1 Å². The van der Waals surface area contributed by atoms with E-state index >= 15 is 0 Å². The first-order chi connectivity index (χ1) is 14.7. The van der Waals surface area contributed by atoms with E-state index in [0.29, 0.717) is 22.3 Å². The quantitative estimate of drug-likeness (QED) is 0.578. The molecule has 31 heavy (non-hydrogen) atoms. The summed E-state index contributed by atoms with van der Waals surface area (Å²) >= 11 is 0. The van der Waals surface area contributed by atoms with Crippen molar-refractivity contribution in [3.63, 3.8) is 0 Å². The number of pyridine rings is 1. The number of halogens is 3. The molecule has 0 aliphatic carbocycles. The molecule has 1 saturated heterocycles. The molecule has 0 radical (unpaired) electrons. The zero-order valence-corrected chi connectivity index (χ0v) is 17.2. The molecule has 1 atom stereocenters. The van der Waals surface area contributed by atoms with Crippen LogP contribution in [0.5, 0.6) is 6.01 Å². The van der Waals surface area contributed by atoms with Gasteiger partial charge in [-0.1, -0.05) is 0 Å². The molecule has 7 nitrogen and oxygen atoms in total. The lowest BCUT2D eigenvalue weighted by Gasteiger charge is -2.20. The number of nitrogens with one attached hydrogen (secondary N) is 1. The highest BCUT2D eigenvalue weighted by atomic mass is 19.4. The van der Waals surface area contributed by atoms with Gasteiger partial charge in [0, 0.05) is 24.2 Å². The molecule has 4 rings (SSSR count). The Bertz CT molecular complexity index is 1100. The summed E-state index contributed by atoms with van der Waals surface area (Å²) in [5.74, 6) is 1.27. The predicted octanol–water partition coefficient (Wildman–Crippen LogP) is 4.41. The number of rotatable bonds is 5. The third-order valence-corrected chi connectivity index (χ3v) is 5.32. The lowest BCUT2D eigenvalue weighted by atomic mass is 10.0. The molecule has 0 unspecified atom stereocenters. The Morgan fingerprint density at radius 3 is 2.55 bits per heavy atom. The number of benzene rings is 1. The van der Waals surface area contributed by atoms with Crippen molar-refractivity contribution in [2.45, 2.75) is 32.0 Å². The molecule has 0 spiro atoms. The van der Waals surface area contributed by atoms with E-state index in [9.17, 15) is 13.2 Å². The maximum absolute atomic E-state index is 13.2. The highest BCUT2D eigenvalue weighted by Crippen LogP contribution is 2.34. The molecular weight excluding hydrogens is 409 g/mol. The summed E-state index contributed by atoms with van der Waals surface area (Å²) in [6.45, 7) is 3.61. The Hall–Kier alpha value is -3.30. The Kier molecular flexibility index (Phi) is 5.47. The van der Waals surface area contributed by atoms with Crippen LogP contribution >= 0.6 is 0 Å². The number of hydrogen-bond acceptors (Lipinski definition) is 7. The summed E-state index contributed by atoms with van der Waals surface area (Å²) in [7, 11) is 1.45. The zero-order chi connectivity index (χ0) is 22.2. The topological polar surface area (TPSA) is 89.2 Å². The first-order valence-corrected chi connectivity index (χ1v) is 9.95. The van der Waals surface area contributed by atoms with Crippen molar-refractivity contribution in [2.24, 2.45) is 0 Å². The van der Waals surface area contributed by atoms with Crippen LogP contribution in [0.2, 0.25) is 0 Å². The highest BCUT2D eigenvalue weighted by Gasteiger charge is 2.31. The smallest absolute Gasteiger partial charge is 0.416 e. The van der Waals surface area contributed by atoms with Crippen molar-refractivity contribution < 1.29 is 17.9 Å². The van der Waals surface area contributed by atoms with Crippen LogP contribution in [-0.4, -0.2) is 35.2 Å². The second-order valence-corrected chi connectivity index (χ2v) is 7.56. The second kappa shape index (κ2) is 8.09. The number of nitrogens with zero attached hydrogens (tertiary/aromatic N) is 4. The molecule has 164 valence electrons. The fourth-order valence-corrected chi connectivity index (χ4v) is 3.70. The number of methoxy groups -OCH3 is 1. The SMILES string of the molecule is COc1nc(N[C@H](C)c2cc(N)cc(C(F)(F)F)c2)c2cc(N3CCCC3)ncc2n1. The monoisotopic (exact) mass is 432 g/mol. The zero-order valence-electron chi connectivity index (χ0n) is 17.2. The van der Waals surface area contributed by atoms with Gasteiger partial charge in [-0.3, -0.25) is 0 Å². The summed E-state index contributed by atoms with van der Waals surface area (Å²) in [4.78, 5) is 15.4. The first-order valence-electron chi connectivity index (χ1n) is 9.95. The number of fused-ring (bicyclic) bond motifs is 1. The van der Waals surface area contributed by atoms with Gasteiger partial charge in [-0.2, -0.15) is 23.1 Å². The van der Waals surface area contributed by atoms with Gasteiger partial charge < -0.3 is 20.7 Å². The Morgan fingerprint density at radius 1 is 1.13 bits per heavy atom. The van der Waals surface area contributed by atoms with Crippen molar-refractivity contribution in [3.8, 4) is 6.01 Å². The number of alkyl halides is 3. The van der Waals surface area contributed by atoms with E-state index in [1.165, 1.54) is 13.2 Å². The number of aromatic nitrogens is 3. The molecule has 2 aromatic heterocycles. The largest absolute Gasteiger partial charge is 0.467 e. The average Bonchev–Trinajstić information content (AvgIpc) is 3.27. The number of anilines is 3. The van der Waals surface area contributed by atoms with Gasteiger partial charge in [-0.15, -0.1) is 0 Å². The average molecular weight is 432 g/mol. The Balaban J connectivity index is 1.72. The lowest BCUT2D eigenvalue weighted by Crippen LogP contribution is -2.19. The third-order valence-electron chi connectivity index (χ3n) is 5.32. The summed E-state index contributed by atoms with van der Waals surface area (Å²) in [6, 6.07) is 5.07. The minimum atomic E-state index is -4.48. The summed E-state index contributed by atoms with van der Waals surface area (Å²) in [6.07, 6.45) is -0.605. The maximum Gasteiger partial charge on any atom is 0.416 e. The Morgan fingerprint density at radius 2 is 1.87 bits per heavy atom. The Labute approximate surface area is 177 Å².